The standard InChI is InChI=1S/C14H27NO/c1-5-8-15(4)10-13-9-12(11(2)3)6-7-14(13)16/h11-13H,5-10H2,1-4H3. The molecule has 16 heavy (non-hydrogen) atoms. The molecule has 0 spiro atoms. The fraction of sp³-hybridized carbons (Fsp3) is 0.929. The van der Waals surface area contributed by atoms with Gasteiger partial charge in [0.25, 0.3) is 0 Å². The molecule has 2 nitrogen and oxygen atoms in total. The molecule has 0 aliphatic heterocycles. The summed E-state index contributed by atoms with van der Waals surface area (Å²) in [5.74, 6) is 2.29. The predicted octanol–water partition coefficient (Wildman–Crippen LogP) is 2.97. The van der Waals surface area contributed by atoms with Gasteiger partial charge in [0, 0.05) is 18.9 Å². The molecule has 1 aliphatic carbocycles. The van der Waals surface area contributed by atoms with Gasteiger partial charge in [-0.1, -0.05) is 20.8 Å². The molecule has 0 bridgehead atoms. The lowest BCUT2D eigenvalue weighted by molar-refractivity contribution is -0.126. The van der Waals surface area contributed by atoms with E-state index in [4.69, 9.17) is 0 Å². The Bertz CT molecular complexity index is 225. The zero-order valence-corrected chi connectivity index (χ0v) is 11.3. The Balaban J connectivity index is 2.46. The molecule has 1 fully saturated rings. The summed E-state index contributed by atoms with van der Waals surface area (Å²) in [6, 6.07) is 0. The molecule has 0 heterocycles. The van der Waals surface area contributed by atoms with Crippen LogP contribution in [0.15, 0.2) is 0 Å². The summed E-state index contributed by atoms with van der Waals surface area (Å²) in [7, 11) is 2.13. The highest BCUT2D eigenvalue weighted by atomic mass is 16.1. The summed E-state index contributed by atoms with van der Waals surface area (Å²) in [5.41, 5.74) is 0. The number of carbonyl (C=O) groups excluding carboxylic acids is 1. The fourth-order valence-corrected chi connectivity index (χ4v) is 2.78. The SMILES string of the molecule is CCCN(C)CC1CC(C(C)C)CCC1=O. The van der Waals surface area contributed by atoms with Crippen molar-refractivity contribution in [2.75, 3.05) is 20.1 Å². The molecule has 0 aromatic rings. The highest BCUT2D eigenvalue weighted by Gasteiger charge is 2.30. The highest BCUT2D eigenvalue weighted by molar-refractivity contribution is 5.81. The quantitative estimate of drug-likeness (QED) is 0.717. The van der Waals surface area contributed by atoms with Crippen molar-refractivity contribution in [3.63, 3.8) is 0 Å². The van der Waals surface area contributed by atoms with Crippen LogP contribution in [-0.2, 0) is 4.79 Å². The van der Waals surface area contributed by atoms with Crippen LogP contribution in [-0.4, -0.2) is 30.8 Å². The number of ketones is 1. The molecule has 0 amide bonds. The van der Waals surface area contributed by atoms with Crippen LogP contribution in [0, 0.1) is 17.8 Å². The Morgan fingerprint density at radius 2 is 2.12 bits per heavy atom. The summed E-state index contributed by atoms with van der Waals surface area (Å²) < 4.78 is 0. The minimum atomic E-state index is 0.303. The highest BCUT2D eigenvalue weighted by Crippen LogP contribution is 2.31. The maximum atomic E-state index is 11.9. The third-order valence-electron chi connectivity index (χ3n) is 3.88. The molecule has 1 aliphatic rings. The van der Waals surface area contributed by atoms with E-state index in [0.29, 0.717) is 11.7 Å². The van der Waals surface area contributed by atoms with E-state index in [1.807, 2.05) is 0 Å². The Labute approximate surface area is 100 Å². The first-order valence-corrected chi connectivity index (χ1v) is 6.75. The molecular weight excluding hydrogens is 198 g/mol. The first kappa shape index (κ1) is 13.7. The molecule has 0 saturated heterocycles. The molecule has 2 atom stereocenters. The van der Waals surface area contributed by atoms with Gasteiger partial charge >= 0.3 is 0 Å². The third-order valence-corrected chi connectivity index (χ3v) is 3.88. The van der Waals surface area contributed by atoms with Crippen molar-refractivity contribution >= 4 is 5.78 Å². The number of hydrogen-bond acceptors (Lipinski definition) is 2. The molecule has 1 saturated carbocycles. The maximum Gasteiger partial charge on any atom is 0.137 e. The summed E-state index contributed by atoms with van der Waals surface area (Å²) in [6.45, 7) is 8.84. The average Bonchev–Trinajstić information content (AvgIpc) is 2.21. The molecule has 1 rings (SSSR count). The second-order valence-corrected chi connectivity index (χ2v) is 5.70. The smallest absolute Gasteiger partial charge is 0.137 e. The Morgan fingerprint density at radius 3 is 2.69 bits per heavy atom. The van der Waals surface area contributed by atoms with Gasteiger partial charge < -0.3 is 4.90 Å². The van der Waals surface area contributed by atoms with Gasteiger partial charge in [-0.3, -0.25) is 4.79 Å². The summed E-state index contributed by atoms with van der Waals surface area (Å²) in [6.07, 6.45) is 4.22. The molecule has 0 radical (unpaired) electrons. The number of carbonyl (C=O) groups is 1. The van der Waals surface area contributed by atoms with Crippen LogP contribution in [0.5, 0.6) is 0 Å². The largest absolute Gasteiger partial charge is 0.306 e. The van der Waals surface area contributed by atoms with Crippen LogP contribution >= 0.6 is 0 Å². The lowest BCUT2D eigenvalue weighted by Crippen LogP contribution is -2.36. The first-order valence-electron chi connectivity index (χ1n) is 6.75. The van der Waals surface area contributed by atoms with Crippen molar-refractivity contribution in [1.29, 1.82) is 0 Å². The second-order valence-electron chi connectivity index (χ2n) is 5.70. The summed E-state index contributed by atoms with van der Waals surface area (Å²) >= 11 is 0. The molecular formula is C14H27NO. The zero-order chi connectivity index (χ0) is 12.1. The van der Waals surface area contributed by atoms with Crippen LogP contribution < -0.4 is 0 Å². The lowest BCUT2D eigenvalue weighted by atomic mass is 9.75. The number of rotatable bonds is 5. The average molecular weight is 225 g/mol. The fourth-order valence-electron chi connectivity index (χ4n) is 2.78. The van der Waals surface area contributed by atoms with Gasteiger partial charge in [0.15, 0.2) is 0 Å². The predicted molar refractivity (Wildman–Crippen MR) is 68.5 cm³/mol. The first-order chi connectivity index (χ1) is 7.54. The molecule has 94 valence electrons. The third kappa shape index (κ3) is 3.89. The summed E-state index contributed by atoms with van der Waals surface area (Å²) in [4.78, 5) is 14.2. The molecule has 2 unspecified atom stereocenters. The maximum absolute atomic E-state index is 11.9. The Kier molecular flexibility index (Phi) is 5.47. The van der Waals surface area contributed by atoms with Crippen LogP contribution in [0.1, 0.15) is 46.5 Å². The Hall–Kier alpha value is -0.370. The van der Waals surface area contributed by atoms with Crippen molar-refractivity contribution < 1.29 is 4.79 Å². The second kappa shape index (κ2) is 6.39. The molecule has 0 aromatic heterocycles. The van der Waals surface area contributed by atoms with Crippen LogP contribution in [0.3, 0.4) is 0 Å². The van der Waals surface area contributed by atoms with Crippen molar-refractivity contribution in [3.05, 3.63) is 0 Å². The van der Waals surface area contributed by atoms with Gasteiger partial charge in [0.1, 0.15) is 5.78 Å². The van der Waals surface area contributed by atoms with Crippen molar-refractivity contribution in [2.24, 2.45) is 17.8 Å². The van der Waals surface area contributed by atoms with E-state index in [1.54, 1.807) is 0 Å². The van der Waals surface area contributed by atoms with Crippen molar-refractivity contribution in [3.8, 4) is 0 Å². The van der Waals surface area contributed by atoms with E-state index >= 15 is 0 Å². The van der Waals surface area contributed by atoms with E-state index in [0.717, 1.165) is 44.2 Å². The van der Waals surface area contributed by atoms with Gasteiger partial charge in [-0.25, -0.2) is 0 Å². The van der Waals surface area contributed by atoms with Crippen LogP contribution in [0.2, 0.25) is 0 Å². The molecule has 2 heteroatoms. The topological polar surface area (TPSA) is 20.3 Å². The van der Waals surface area contributed by atoms with Gasteiger partial charge in [0.2, 0.25) is 0 Å². The number of nitrogens with zero attached hydrogens (tertiary/aromatic N) is 1. The minimum Gasteiger partial charge on any atom is -0.306 e. The molecule has 0 aromatic carbocycles. The number of Topliss-reactive ketones (excluding diaryl/α,β-unsaturated/α-hetero) is 1. The van der Waals surface area contributed by atoms with Crippen LogP contribution in [0.25, 0.3) is 0 Å². The monoisotopic (exact) mass is 225 g/mol. The lowest BCUT2D eigenvalue weighted by Gasteiger charge is -2.32. The number of hydrogen-bond donors (Lipinski definition) is 0. The van der Waals surface area contributed by atoms with Crippen LogP contribution in [0.4, 0.5) is 0 Å². The van der Waals surface area contributed by atoms with Crippen molar-refractivity contribution in [2.45, 2.75) is 46.5 Å². The van der Waals surface area contributed by atoms with E-state index < -0.39 is 0 Å². The Morgan fingerprint density at radius 1 is 1.44 bits per heavy atom. The summed E-state index contributed by atoms with van der Waals surface area (Å²) in [5, 5.41) is 0. The van der Waals surface area contributed by atoms with Gasteiger partial charge in [-0.05, 0) is 44.7 Å². The van der Waals surface area contributed by atoms with Gasteiger partial charge in [-0.15, -0.1) is 0 Å². The van der Waals surface area contributed by atoms with E-state index in [1.165, 1.54) is 6.42 Å². The van der Waals surface area contributed by atoms with Gasteiger partial charge in [0.05, 0.1) is 0 Å². The van der Waals surface area contributed by atoms with Gasteiger partial charge in [-0.2, -0.15) is 0 Å². The zero-order valence-electron chi connectivity index (χ0n) is 11.3. The van der Waals surface area contributed by atoms with Crippen molar-refractivity contribution in [1.82, 2.24) is 4.90 Å². The van der Waals surface area contributed by atoms with E-state index in [2.05, 4.69) is 32.7 Å². The normalized spacial score (nSPS) is 26.8. The molecule has 0 N–H and O–H groups in total. The minimum absolute atomic E-state index is 0.303. The van der Waals surface area contributed by atoms with E-state index in [-0.39, 0.29) is 0 Å². The van der Waals surface area contributed by atoms with E-state index in [9.17, 15) is 4.79 Å².